The van der Waals surface area contributed by atoms with Crippen molar-refractivity contribution in [2.24, 2.45) is 0 Å². The maximum absolute atomic E-state index is 11.8. The summed E-state index contributed by atoms with van der Waals surface area (Å²) in [4.78, 5) is 15.7. The molecule has 0 bridgehead atoms. The van der Waals surface area contributed by atoms with E-state index in [1.807, 2.05) is 52.9 Å². The third-order valence-electron chi connectivity index (χ3n) is 2.28. The van der Waals surface area contributed by atoms with E-state index >= 15 is 0 Å². The van der Waals surface area contributed by atoms with Crippen molar-refractivity contribution < 1.29 is 4.74 Å². The molecule has 94 valence electrons. The van der Waals surface area contributed by atoms with Gasteiger partial charge in [-0.15, -0.1) is 0 Å². The van der Waals surface area contributed by atoms with Crippen molar-refractivity contribution in [2.45, 2.75) is 13.3 Å². The van der Waals surface area contributed by atoms with Crippen LogP contribution < -0.4 is 5.56 Å². The summed E-state index contributed by atoms with van der Waals surface area (Å²) in [5.74, 6) is 0. The molecule has 0 aliphatic rings. The smallest absolute Gasteiger partial charge is 0.270 e. The molecular formula is C12H10ClIN2O2. The minimum atomic E-state index is -0.191. The Bertz CT molecular complexity index is 586. The summed E-state index contributed by atoms with van der Waals surface area (Å²) in [6.45, 7) is 0.611. The lowest BCUT2D eigenvalue weighted by Gasteiger charge is -2.07. The predicted molar refractivity (Wildman–Crippen MR) is 77.5 cm³/mol. The van der Waals surface area contributed by atoms with Crippen LogP contribution in [0.5, 0.6) is 0 Å². The summed E-state index contributed by atoms with van der Waals surface area (Å²) in [7, 11) is 0. The van der Waals surface area contributed by atoms with E-state index in [9.17, 15) is 4.79 Å². The van der Waals surface area contributed by atoms with Gasteiger partial charge in [-0.05, 0) is 28.2 Å². The molecule has 0 radical (unpaired) electrons. The maximum atomic E-state index is 11.8. The summed E-state index contributed by atoms with van der Waals surface area (Å²) in [6, 6.07) is 9.76. The summed E-state index contributed by atoms with van der Waals surface area (Å²) < 4.78 is 7.25. The summed E-state index contributed by atoms with van der Waals surface area (Å²) in [5, 5.41) is 0.222. The molecule has 1 aromatic heterocycles. The van der Waals surface area contributed by atoms with Crippen molar-refractivity contribution in [2.75, 3.05) is 0 Å². The van der Waals surface area contributed by atoms with Crippen LogP contribution in [0.4, 0.5) is 0 Å². The van der Waals surface area contributed by atoms with Gasteiger partial charge in [0.05, 0.1) is 6.61 Å². The summed E-state index contributed by atoms with van der Waals surface area (Å²) in [5.41, 5.74) is 0.867. The highest BCUT2D eigenvalue weighted by atomic mass is 127. The molecule has 0 atom stereocenters. The molecule has 1 heterocycles. The van der Waals surface area contributed by atoms with Crippen LogP contribution in [0.3, 0.4) is 0 Å². The molecule has 0 fully saturated rings. The first-order valence-corrected chi connectivity index (χ1v) is 6.66. The molecule has 4 nitrogen and oxygen atoms in total. The SMILES string of the molecule is O=c1c(I)c(Cl)ncn1COCc1ccccc1. The average Bonchev–Trinajstić information content (AvgIpc) is 2.40. The molecule has 18 heavy (non-hydrogen) atoms. The standard InChI is InChI=1S/C12H10ClIN2O2/c13-11-10(14)12(17)16(7-15-11)8-18-6-9-4-2-1-3-5-9/h1-5,7H,6,8H2. The molecule has 0 spiro atoms. The fraction of sp³-hybridized carbons (Fsp3) is 0.167. The van der Waals surface area contributed by atoms with Gasteiger partial charge in [0.1, 0.15) is 21.8 Å². The number of halogens is 2. The topological polar surface area (TPSA) is 44.1 Å². The quantitative estimate of drug-likeness (QED) is 0.609. The van der Waals surface area contributed by atoms with Crippen LogP contribution in [0, 0.1) is 3.57 Å². The van der Waals surface area contributed by atoms with Gasteiger partial charge in [-0.3, -0.25) is 9.36 Å². The largest absolute Gasteiger partial charge is 0.356 e. The van der Waals surface area contributed by atoms with E-state index < -0.39 is 0 Å². The van der Waals surface area contributed by atoms with E-state index in [0.717, 1.165) is 5.56 Å². The number of ether oxygens (including phenoxy) is 1. The fourth-order valence-electron chi connectivity index (χ4n) is 1.37. The molecular weight excluding hydrogens is 367 g/mol. The lowest BCUT2D eigenvalue weighted by atomic mass is 10.2. The van der Waals surface area contributed by atoms with Gasteiger partial charge in [-0.1, -0.05) is 41.9 Å². The molecule has 0 unspecified atom stereocenters. The van der Waals surface area contributed by atoms with Gasteiger partial charge in [0.15, 0.2) is 0 Å². The van der Waals surface area contributed by atoms with Crippen molar-refractivity contribution in [3.05, 3.63) is 61.3 Å². The van der Waals surface area contributed by atoms with Crippen LogP contribution in [-0.4, -0.2) is 9.55 Å². The molecule has 0 aliphatic heterocycles. The number of aromatic nitrogens is 2. The van der Waals surface area contributed by atoms with Crippen LogP contribution in [-0.2, 0) is 18.1 Å². The van der Waals surface area contributed by atoms with E-state index in [4.69, 9.17) is 16.3 Å². The highest BCUT2D eigenvalue weighted by molar-refractivity contribution is 14.1. The first kappa shape index (κ1) is 13.5. The maximum Gasteiger partial charge on any atom is 0.270 e. The number of hydrogen-bond donors (Lipinski definition) is 0. The third-order valence-corrected chi connectivity index (χ3v) is 3.86. The van der Waals surface area contributed by atoms with E-state index in [2.05, 4.69) is 4.98 Å². The molecule has 0 saturated heterocycles. The van der Waals surface area contributed by atoms with Gasteiger partial charge in [0, 0.05) is 0 Å². The van der Waals surface area contributed by atoms with Gasteiger partial charge in [-0.2, -0.15) is 0 Å². The molecule has 2 rings (SSSR count). The molecule has 2 aromatic rings. The minimum absolute atomic E-state index is 0.161. The average molecular weight is 377 g/mol. The van der Waals surface area contributed by atoms with Gasteiger partial charge in [-0.25, -0.2) is 4.98 Å². The second-order valence-electron chi connectivity index (χ2n) is 3.59. The van der Waals surface area contributed by atoms with Crippen LogP contribution in [0.25, 0.3) is 0 Å². The molecule has 1 aromatic carbocycles. The summed E-state index contributed by atoms with van der Waals surface area (Å²) >= 11 is 7.62. The van der Waals surface area contributed by atoms with E-state index in [-0.39, 0.29) is 17.4 Å². The van der Waals surface area contributed by atoms with Gasteiger partial charge >= 0.3 is 0 Å². The zero-order valence-electron chi connectivity index (χ0n) is 9.35. The van der Waals surface area contributed by atoms with Crippen LogP contribution in [0.2, 0.25) is 5.15 Å². The lowest BCUT2D eigenvalue weighted by Crippen LogP contribution is -2.24. The van der Waals surface area contributed by atoms with Gasteiger partial charge < -0.3 is 4.74 Å². The first-order chi connectivity index (χ1) is 8.68. The number of rotatable bonds is 4. The van der Waals surface area contributed by atoms with Crippen LogP contribution in [0.1, 0.15) is 5.56 Å². The van der Waals surface area contributed by atoms with Crippen molar-refractivity contribution in [1.82, 2.24) is 9.55 Å². The number of benzene rings is 1. The summed E-state index contributed by atoms with van der Waals surface area (Å²) in [6.07, 6.45) is 1.39. The van der Waals surface area contributed by atoms with Gasteiger partial charge in [0.2, 0.25) is 0 Å². The second-order valence-corrected chi connectivity index (χ2v) is 5.02. The Labute approximate surface area is 123 Å². The Kier molecular flexibility index (Phi) is 4.73. The highest BCUT2D eigenvalue weighted by Gasteiger charge is 2.06. The lowest BCUT2D eigenvalue weighted by molar-refractivity contribution is 0.0609. The number of nitrogens with zero attached hydrogens (tertiary/aromatic N) is 2. The zero-order chi connectivity index (χ0) is 13.0. The van der Waals surface area contributed by atoms with Crippen molar-refractivity contribution in [3.63, 3.8) is 0 Å². The fourth-order valence-corrected chi connectivity index (χ4v) is 1.95. The van der Waals surface area contributed by atoms with E-state index in [0.29, 0.717) is 10.2 Å². The number of hydrogen-bond acceptors (Lipinski definition) is 3. The minimum Gasteiger partial charge on any atom is -0.356 e. The van der Waals surface area contributed by atoms with Crippen molar-refractivity contribution in [3.8, 4) is 0 Å². The Morgan fingerprint density at radius 2 is 2.06 bits per heavy atom. The Morgan fingerprint density at radius 1 is 1.33 bits per heavy atom. The zero-order valence-corrected chi connectivity index (χ0v) is 12.3. The Balaban J connectivity index is 1.99. The molecule has 0 amide bonds. The van der Waals surface area contributed by atoms with Gasteiger partial charge in [0.25, 0.3) is 5.56 Å². The second kappa shape index (κ2) is 6.31. The van der Waals surface area contributed by atoms with Crippen molar-refractivity contribution in [1.29, 1.82) is 0 Å². The monoisotopic (exact) mass is 376 g/mol. The molecule has 0 N–H and O–H groups in total. The first-order valence-electron chi connectivity index (χ1n) is 5.20. The molecule has 0 saturated carbocycles. The molecule has 6 heteroatoms. The van der Waals surface area contributed by atoms with Crippen LogP contribution in [0.15, 0.2) is 41.5 Å². The molecule has 0 aliphatic carbocycles. The van der Waals surface area contributed by atoms with E-state index in [1.54, 1.807) is 0 Å². The third kappa shape index (κ3) is 3.30. The predicted octanol–water partition coefficient (Wildman–Crippen LogP) is 2.68. The Hall–Kier alpha value is -0.920. The highest BCUT2D eigenvalue weighted by Crippen LogP contribution is 2.09. The normalized spacial score (nSPS) is 10.6. The van der Waals surface area contributed by atoms with Crippen molar-refractivity contribution >= 4 is 34.2 Å². The Morgan fingerprint density at radius 3 is 2.78 bits per heavy atom. The van der Waals surface area contributed by atoms with Crippen LogP contribution >= 0.6 is 34.2 Å². The van der Waals surface area contributed by atoms with E-state index in [1.165, 1.54) is 10.9 Å².